The van der Waals surface area contributed by atoms with E-state index >= 15 is 0 Å². The van der Waals surface area contributed by atoms with E-state index in [4.69, 9.17) is 0 Å². The van der Waals surface area contributed by atoms with E-state index in [0.29, 0.717) is 0 Å². The molecule has 3 N–H and O–H groups in total. The second-order valence-corrected chi connectivity index (χ2v) is 8.62. The summed E-state index contributed by atoms with van der Waals surface area (Å²) < 4.78 is 13.4. The Morgan fingerprint density at radius 1 is 1.27 bits per heavy atom. The summed E-state index contributed by atoms with van der Waals surface area (Å²) >= 11 is 0. The molecule has 30 heavy (non-hydrogen) atoms. The first-order valence-corrected chi connectivity index (χ1v) is 10.6. The van der Waals surface area contributed by atoms with Crippen molar-refractivity contribution in [1.82, 2.24) is 0 Å². The van der Waals surface area contributed by atoms with Crippen molar-refractivity contribution in [3.63, 3.8) is 0 Å². The number of carbonyl (C=O) groups is 1. The van der Waals surface area contributed by atoms with Crippen LogP contribution in [0.4, 0.5) is 21.5 Å². The fourth-order valence-corrected chi connectivity index (χ4v) is 4.35. The number of hydrogen-bond acceptors (Lipinski definition) is 4. The molecule has 5 nitrogen and oxygen atoms in total. The highest BCUT2D eigenvalue weighted by Crippen LogP contribution is 2.39. The molecular weight excluding hydrogens is 383 g/mol. The molecule has 1 unspecified atom stereocenters. The molecular formula is C24H31FN2O3. The molecule has 1 aliphatic rings. The van der Waals surface area contributed by atoms with E-state index in [1.165, 1.54) is 12.1 Å². The number of anilines is 3. The molecule has 162 valence electrons. The van der Waals surface area contributed by atoms with Gasteiger partial charge in [0, 0.05) is 12.2 Å². The average molecular weight is 415 g/mol. The van der Waals surface area contributed by atoms with Gasteiger partial charge < -0.3 is 20.4 Å². The van der Waals surface area contributed by atoms with Gasteiger partial charge >= 0.3 is 5.97 Å². The molecule has 0 spiro atoms. The predicted molar refractivity (Wildman–Crippen MR) is 118 cm³/mol. The predicted octanol–water partition coefficient (Wildman–Crippen LogP) is 5.28. The highest BCUT2D eigenvalue weighted by Gasteiger charge is 2.37. The highest BCUT2D eigenvalue weighted by atomic mass is 19.1. The molecule has 2 atom stereocenters. The Balaban J connectivity index is 2.02. The number of hydrogen-bond donors (Lipinski definition) is 3. The molecule has 3 rings (SSSR count). The molecule has 1 fully saturated rings. The summed E-state index contributed by atoms with van der Waals surface area (Å²) in [4.78, 5) is 13.5. The lowest BCUT2D eigenvalue weighted by Crippen LogP contribution is -2.46. The second kappa shape index (κ2) is 9.04. The van der Waals surface area contributed by atoms with Crippen LogP contribution in [-0.4, -0.2) is 34.4 Å². The largest absolute Gasteiger partial charge is 0.481 e. The zero-order valence-corrected chi connectivity index (χ0v) is 17.9. The normalized spacial score (nSPS) is 17.8. The number of benzene rings is 2. The zero-order chi connectivity index (χ0) is 21.9. The average Bonchev–Trinajstić information content (AvgIpc) is 3.18. The van der Waals surface area contributed by atoms with Gasteiger partial charge in [0.1, 0.15) is 5.82 Å². The fourth-order valence-electron chi connectivity index (χ4n) is 4.35. The lowest BCUT2D eigenvalue weighted by molar-refractivity contribution is -0.137. The third-order valence-electron chi connectivity index (χ3n) is 5.91. The van der Waals surface area contributed by atoms with Gasteiger partial charge in [0.05, 0.1) is 29.4 Å². The maximum absolute atomic E-state index is 13.4. The van der Waals surface area contributed by atoms with Gasteiger partial charge in [-0.2, -0.15) is 0 Å². The summed E-state index contributed by atoms with van der Waals surface area (Å²) in [6.45, 7) is 6.48. The highest BCUT2D eigenvalue weighted by molar-refractivity contribution is 5.77. The lowest BCUT2D eigenvalue weighted by Gasteiger charge is -2.36. The Labute approximate surface area is 177 Å². The zero-order valence-electron chi connectivity index (χ0n) is 17.9. The van der Waals surface area contributed by atoms with Crippen LogP contribution in [0.25, 0.3) is 0 Å². The second-order valence-electron chi connectivity index (χ2n) is 8.62. The monoisotopic (exact) mass is 414 g/mol. The molecule has 0 aliphatic carbocycles. The molecule has 6 heteroatoms. The Hall–Kier alpha value is -2.60. The van der Waals surface area contributed by atoms with Crippen LogP contribution >= 0.6 is 0 Å². The van der Waals surface area contributed by atoms with Crippen molar-refractivity contribution >= 4 is 23.0 Å². The van der Waals surface area contributed by atoms with E-state index in [1.807, 2.05) is 39.0 Å². The summed E-state index contributed by atoms with van der Waals surface area (Å²) in [6.07, 6.45) is 2.68. The SMILES string of the molecule is CCC(CC(=O)O)c1ccc(N2CCC[C@@H]2C(C)(C)O)c(Nc2ccc(F)cc2)c1. The minimum atomic E-state index is -0.850. The van der Waals surface area contributed by atoms with E-state index in [0.717, 1.165) is 48.4 Å². The number of carboxylic acid groups (broad SMARTS) is 1. The molecule has 0 saturated carbocycles. The number of aliphatic hydroxyl groups is 1. The molecule has 2 aromatic rings. The van der Waals surface area contributed by atoms with Crippen LogP contribution in [0.5, 0.6) is 0 Å². The Morgan fingerprint density at radius 3 is 2.57 bits per heavy atom. The molecule has 0 amide bonds. The van der Waals surface area contributed by atoms with Crippen molar-refractivity contribution in [1.29, 1.82) is 0 Å². The summed E-state index contributed by atoms with van der Waals surface area (Å²) in [6, 6.07) is 12.1. The Bertz CT molecular complexity index is 877. The standard InChI is InChI=1S/C24H31FN2O3/c1-4-16(15-23(28)29)17-7-12-21(27-13-5-6-22(27)24(2,3)30)20(14-17)26-19-10-8-18(25)9-11-19/h7-12,14,16,22,26,30H,4-6,13,15H2,1-3H3,(H,28,29)/t16?,22-/m1/s1. The Morgan fingerprint density at radius 2 is 1.97 bits per heavy atom. The van der Waals surface area contributed by atoms with Crippen LogP contribution in [0.2, 0.25) is 0 Å². The number of halogens is 1. The van der Waals surface area contributed by atoms with Gasteiger partial charge in [-0.25, -0.2) is 4.39 Å². The number of aliphatic carboxylic acids is 1. The smallest absolute Gasteiger partial charge is 0.303 e. The lowest BCUT2D eigenvalue weighted by atomic mass is 9.91. The van der Waals surface area contributed by atoms with E-state index < -0.39 is 11.6 Å². The van der Waals surface area contributed by atoms with E-state index in [9.17, 15) is 19.4 Å². The van der Waals surface area contributed by atoms with Gasteiger partial charge in [-0.15, -0.1) is 0 Å². The van der Waals surface area contributed by atoms with E-state index in [1.54, 1.807) is 12.1 Å². The molecule has 0 aromatic heterocycles. The molecule has 0 radical (unpaired) electrons. The van der Waals surface area contributed by atoms with Crippen molar-refractivity contribution in [3.05, 3.63) is 53.8 Å². The molecule has 1 saturated heterocycles. The number of carboxylic acids is 1. The summed E-state index contributed by atoms with van der Waals surface area (Å²) in [5.74, 6) is -1.21. The molecule has 1 aliphatic heterocycles. The van der Waals surface area contributed by atoms with Gasteiger partial charge in [0.2, 0.25) is 0 Å². The van der Waals surface area contributed by atoms with Crippen LogP contribution < -0.4 is 10.2 Å². The van der Waals surface area contributed by atoms with Crippen molar-refractivity contribution in [2.24, 2.45) is 0 Å². The van der Waals surface area contributed by atoms with E-state index in [-0.39, 0.29) is 24.2 Å². The minimum absolute atomic E-state index is 0.0156. The third kappa shape index (κ3) is 5.11. The maximum Gasteiger partial charge on any atom is 0.303 e. The molecule has 1 heterocycles. The van der Waals surface area contributed by atoms with Crippen LogP contribution in [0.15, 0.2) is 42.5 Å². The van der Waals surface area contributed by atoms with Crippen LogP contribution in [0.3, 0.4) is 0 Å². The number of nitrogens with zero attached hydrogens (tertiary/aromatic N) is 1. The fraction of sp³-hybridized carbons (Fsp3) is 0.458. The van der Waals surface area contributed by atoms with Crippen LogP contribution in [0, 0.1) is 5.82 Å². The van der Waals surface area contributed by atoms with Gasteiger partial charge in [0.25, 0.3) is 0 Å². The molecule has 2 aromatic carbocycles. The van der Waals surface area contributed by atoms with Gasteiger partial charge in [-0.3, -0.25) is 4.79 Å². The summed E-state index contributed by atoms with van der Waals surface area (Å²) in [5.41, 5.74) is 2.64. The van der Waals surface area contributed by atoms with E-state index in [2.05, 4.69) is 10.2 Å². The number of nitrogens with one attached hydrogen (secondary N) is 1. The maximum atomic E-state index is 13.4. The quantitative estimate of drug-likeness (QED) is 0.548. The van der Waals surface area contributed by atoms with Gasteiger partial charge in [-0.1, -0.05) is 13.0 Å². The third-order valence-corrected chi connectivity index (χ3v) is 5.91. The van der Waals surface area contributed by atoms with Crippen molar-refractivity contribution in [2.75, 3.05) is 16.8 Å². The summed E-state index contributed by atoms with van der Waals surface area (Å²) in [7, 11) is 0. The number of rotatable bonds is 8. The first kappa shape index (κ1) is 22.1. The topological polar surface area (TPSA) is 72.8 Å². The minimum Gasteiger partial charge on any atom is -0.481 e. The van der Waals surface area contributed by atoms with Crippen LogP contribution in [0.1, 0.15) is 57.9 Å². The van der Waals surface area contributed by atoms with Crippen molar-refractivity contribution in [3.8, 4) is 0 Å². The first-order valence-electron chi connectivity index (χ1n) is 10.6. The van der Waals surface area contributed by atoms with Gasteiger partial charge in [0.15, 0.2) is 0 Å². The van der Waals surface area contributed by atoms with Crippen molar-refractivity contribution < 1.29 is 19.4 Å². The first-order chi connectivity index (χ1) is 14.2. The summed E-state index contributed by atoms with van der Waals surface area (Å²) in [5, 5.41) is 23.3. The van der Waals surface area contributed by atoms with Gasteiger partial charge in [-0.05, 0) is 81.0 Å². The molecule has 0 bridgehead atoms. The Kier molecular flexibility index (Phi) is 6.66. The van der Waals surface area contributed by atoms with Crippen LogP contribution in [-0.2, 0) is 4.79 Å². The van der Waals surface area contributed by atoms with Crippen molar-refractivity contribution in [2.45, 2.75) is 64.0 Å².